The number of nitrogens with one attached hydrogen (secondary N) is 1. The molecule has 0 bridgehead atoms. The van der Waals surface area contributed by atoms with Crippen LogP contribution in [0.15, 0.2) is 24.3 Å². The van der Waals surface area contributed by atoms with Gasteiger partial charge in [-0.15, -0.1) is 0 Å². The molecule has 1 atom stereocenters. The molecule has 116 valence electrons. The lowest BCUT2D eigenvalue weighted by atomic mass is 9.98. The molecule has 3 nitrogen and oxygen atoms in total. The van der Waals surface area contributed by atoms with Crippen molar-refractivity contribution in [2.45, 2.75) is 44.6 Å². The van der Waals surface area contributed by atoms with E-state index in [0.717, 1.165) is 25.3 Å². The minimum atomic E-state index is 0.667. The molecule has 2 heterocycles. The molecule has 3 rings (SSSR count). The zero-order chi connectivity index (χ0) is 14.3. The van der Waals surface area contributed by atoms with Gasteiger partial charge in [0.25, 0.3) is 0 Å². The summed E-state index contributed by atoms with van der Waals surface area (Å²) < 4.78 is 5.86. The molecule has 3 heteroatoms. The number of rotatable bonds is 6. The van der Waals surface area contributed by atoms with Crippen molar-refractivity contribution in [3.63, 3.8) is 0 Å². The molecule has 0 aromatic heterocycles. The molecule has 0 saturated carbocycles. The number of nitrogens with zero attached hydrogens (tertiary/aromatic N) is 1. The molecule has 1 aromatic rings. The van der Waals surface area contributed by atoms with E-state index in [1.165, 1.54) is 57.3 Å². The molecule has 21 heavy (non-hydrogen) atoms. The van der Waals surface area contributed by atoms with Crippen LogP contribution >= 0.6 is 0 Å². The van der Waals surface area contributed by atoms with E-state index in [2.05, 4.69) is 34.5 Å². The predicted octanol–water partition coefficient (Wildman–Crippen LogP) is 2.85. The number of hydrogen-bond donors (Lipinski definition) is 1. The Labute approximate surface area is 128 Å². The van der Waals surface area contributed by atoms with Crippen molar-refractivity contribution in [3.8, 4) is 5.75 Å². The Morgan fingerprint density at radius 2 is 1.86 bits per heavy atom. The fourth-order valence-electron chi connectivity index (χ4n) is 3.40. The van der Waals surface area contributed by atoms with Crippen LogP contribution in [0.5, 0.6) is 5.75 Å². The van der Waals surface area contributed by atoms with E-state index in [1.807, 2.05) is 0 Å². The Morgan fingerprint density at radius 3 is 2.57 bits per heavy atom. The van der Waals surface area contributed by atoms with Gasteiger partial charge in [0.1, 0.15) is 12.4 Å². The number of likely N-dealkylation sites (tertiary alicyclic amines) is 1. The van der Waals surface area contributed by atoms with Gasteiger partial charge in [-0.05, 0) is 69.4 Å². The van der Waals surface area contributed by atoms with E-state index < -0.39 is 0 Å². The van der Waals surface area contributed by atoms with Gasteiger partial charge in [0, 0.05) is 12.6 Å². The summed E-state index contributed by atoms with van der Waals surface area (Å²) in [6.07, 6.45) is 7.87. The van der Waals surface area contributed by atoms with Crippen LogP contribution < -0.4 is 10.1 Å². The van der Waals surface area contributed by atoms with E-state index in [-0.39, 0.29) is 0 Å². The smallest absolute Gasteiger partial charge is 0.119 e. The maximum atomic E-state index is 5.86. The van der Waals surface area contributed by atoms with E-state index in [0.29, 0.717) is 6.04 Å². The standard InChI is InChI=1S/C18H28N2O/c1-2-10-19-17(5-1)15-16-6-8-18(9-7-16)21-14-13-20-11-3-4-12-20/h6-9,17,19H,1-5,10-15H2. The van der Waals surface area contributed by atoms with E-state index in [4.69, 9.17) is 4.74 Å². The first-order valence-electron chi connectivity index (χ1n) is 8.58. The van der Waals surface area contributed by atoms with E-state index in [9.17, 15) is 0 Å². The minimum Gasteiger partial charge on any atom is -0.492 e. The molecule has 0 amide bonds. The van der Waals surface area contributed by atoms with Gasteiger partial charge in [-0.3, -0.25) is 4.90 Å². The first-order valence-corrected chi connectivity index (χ1v) is 8.58. The van der Waals surface area contributed by atoms with Gasteiger partial charge in [0.15, 0.2) is 0 Å². The van der Waals surface area contributed by atoms with Crippen molar-refractivity contribution < 1.29 is 4.74 Å². The summed E-state index contributed by atoms with van der Waals surface area (Å²) in [6.45, 7) is 5.55. The average molecular weight is 288 g/mol. The van der Waals surface area contributed by atoms with Gasteiger partial charge in [-0.25, -0.2) is 0 Å². The summed E-state index contributed by atoms with van der Waals surface area (Å²) in [4.78, 5) is 2.49. The maximum absolute atomic E-state index is 5.86. The fraction of sp³-hybridized carbons (Fsp3) is 0.667. The fourth-order valence-corrected chi connectivity index (χ4v) is 3.40. The molecule has 0 spiro atoms. The minimum absolute atomic E-state index is 0.667. The molecule has 2 aliphatic rings. The van der Waals surface area contributed by atoms with Crippen LogP contribution in [-0.4, -0.2) is 43.7 Å². The van der Waals surface area contributed by atoms with Gasteiger partial charge >= 0.3 is 0 Å². The monoisotopic (exact) mass is 288 g/mol. The third-order valence-electron chi connectivity index (χ3n) is 4.69. The van der Waals surface area contributed by atoms with Crippen molar-refractivity contribution in [2.24, 2.45) is 0 Å². The molecule has 2 fully saturated rings. The highest BCUT2D eigenvalue weighted by Crippen LogP contribution is 2.17. The van der Waals surface area contributed by atoms with Crippen LogP contribution in [0.4, 0.5) is 0 Å². The van der Waals surface area contributed by atoms with Crippen molar-refractivity contribution in [1.82, 2.24) is 10.2 Å². The Kier molecular flexibility index (Phi) is 5.53. The van der Waals surface area contributed by atoms with Gasteiger partial charge in [-0.1, -0.05) is 18.6 Å². The lowest BCUT2D eigenvalue weighted by Crippen LogP contribution is -2.35. The van der Waals surface area contributed by atoms with Crippen molar-refractivity contribution >= 4 is 0 Å². The molecule has 0 aliphatic carbocycles. The first kappa shape index (κ1) is 14.9. The van der Waals surface area contributed by atoms with Gasteiger partial charge in [0.2, 0.25) is 0 Å². The lowest BCUT2D eigenvalue weighted by molar-refractivity contribution is 0.237. The predicted molar refractivity (Wildman–Crippen MR) is 87.0 cm³/mol. The molecule has 0 radical (unpaired) electrons. The van der Waals surface area contributed by atoms with Gasteiger partial charge < -0.3 is 10.1 Å². The quantitative estimate of drug-likeness (QED) is 0.871. The van der Waals surface area contributed by atoms with Crippen LogP contribution in [0.1, 0.15) is 37.7 Å². The van der Waals surface area contributed by atoms with Crippen LogP contribution in [-0.2, 0) is 6.42 Å². The summed E-state index contributed by atoms with van der Waals surface area (Å²) >= 11 is 0. The van der Waals surface area contributed by atoms with E-state index in [1.54, 1.807) is 0 Å². The second kappa shape index (κ2) is 7.81. The largest absolute Gasteiger partial charge is 0.492 e. The van der Waals surface area contributed by atoms with Gasteiger partial charge in [0.05, 0.1) is 0 Å². The number of piperidine rings is 1. The third-order valence-corrected chi connectivity index (χ3v) is 4.69. The van der Waals surface area contributed by atoms with Crippen molar-refractivity contribution in [1.29, 1.82) is 0 Å². The maximum Gasteiger partial charge on any atom is 0.119 e. The Morgan fingerprint density at radius 1 is 1.05 bits per heavy atom. The Hall–Kier alpha value is -1.06. The zero-order valence-electron chi connectivity index (χ0n) is 13.0. The van der Waals surface area contributed by atoms with Crippen LogP contribution in [0, 0.1) is 0 Å². The lowest BCUT2D eigenvalue weighted by Gasteiger charge is -2.23. The summed E-state index contributed by atoms with van der Waals surface area (Å²) in [7, 11) is 0. The summed E-state index contributed by atoms with van der Waals surface area (Å²) in [6, 6.07) is 9.37. The molecular formula is C18H28N2O. The average Bonchev–Trinajstić information content (AvgIpc) is 3.03. The normalized spacial score (nSPS) is 23.3. The second-order valence-corrected chi connectivity index (χ2v) is 6.39. The van der Waals surface area contributed by atoms with Crippen molar-refractivity contribution in [3.05, 3.63) is 29.8 Å². The molecule has 1 unspecified atom stereocenters. The zero-order valence-corrected chi connectivity index (χ0v) is 13.0. The molecule has 1 aromatic carbocycles. The summed E-state index contributed by atoms with van der Waals surface area (Å²) in [5, 5.41) is 3.61. The topological polar surface area (TPSA) is 24.5 Å². The van der Waals surface area contributed by atoms with E-state index >= 15 is 0 Å². The highest BCUT2D eigenvalue weighted by Gasteiger charge is 2.13. The Bertz CT molecular complexity index is 406. The van der Waals surface area contributed by atoms with Crippen molar-refractivity contribution in [2.75, 3.05) is 32.8 Å². The highest BCUT2D eigenvalue weighted by atomic mass is 16.5. The molecule has 2 aliphatic heterocycles. The molecule has 1 N–H and O–H groups in total. The van der Waals surface area contributed by atoms with Crippen LogP contribution in [0.2, 0.25) is 0 Å². The van der Waals surface area contributed by atoms with Crippen LogP contribution in [0.3, 0.4) is 0 Å². The third kappa shape index (κ3) is 4.72. The summed E-state index contributed by atoms with van der Waals surface area (Å²) in [5.41, 5.74) is 1.42. The number of ether oxygens (including phenoxy) is 1. The molecular weight excluding hydrogens is 260 g/mol. The number of hydrogen-bond acceptors (Lipinski definition) is 3. The van der Waals surface area contributed by atoms with Gasteiger partial charge in [-0.2, -0.15) is 0 Å². The Balaban J connectivity index is 1.40. The first-order chi connectivity index (χ1) is 10.4. The SMILES string of the molecule is c1cc(OCCN2CCCC2)ccc1CC1CCCCN1. The number of benzene rings is 1. The highest BCUT2D eigenvalue weighted by molar-refractivity contribution is 5.27. The summed E-state index contributed by atoms with van der Waals surface area (Å²) in [5.74, 6) is 1.01. The second-order valence-electron chi connectivity index (χ2n) is 6.39. The molecule has 2 saturated heterocycles. The van der Waals surface area contributed by atoms with Crippen LogP contribution in [0.25, 0.3) is 0 Å².